The lowest BCUT2D eigenvalue weighted by Gasteiger charge is -2.21. The summed E-state index contributed by atoms with van der Waals surface area (Å²) in [7, 11) is 0. The first kappa shape index (κ1) is 21.2. The molecule has 0 aliphatic carbocycles. The van der Waals surface area contributed by atoms with Gasteiger partial charge in [-0.05, 0) is 70.5 Å². The zero-order chi connectivity index (χ0) is 20.9. The van der Waals surface area contributed by atoms with Crippen LogP contribution in [0.4, 0.5) is 20.6 Å². The summed E-state index contributed by atoms with van der Waals surface area (Å²) in [5.41, 5.74) is 0.630. The van der Waals surface area contributed by atoms with E-state index in [9.17, 15) is 14.0 Å². The minimum Gasteiger partial charge on any atom is -0.481 e. The third-order valence-electron chi connectivity index (χ3n) is 3.55. The second-order valence-corrected chi connectivity index (χ2v) is 7.38. The predicted molar refractivity (Wildman–Crippen MR) is 106 cm³/mol. The maximum atomic E-state index is 13.7. The Kier molecular flexibility index (Phi) is 6.62. The van der Waals surface area contributed by atoms with Gasteiger partial charge in [0.1, 0.15) is 17.2 Å². The molecule has 0 radical (unpaired) electrons. The molecule has 2 aromatic carbocycles. The zero-order valence-electron chi connectivity index (χ0n) is 16.6. The average molecular weight is 388 g/mol. The Morgan fingerprint density at radius 2 is 1.75 bits per heavy atom. The van der Waals surface area contributed by atoms with Crippen LogP contribution in [-0.4, -0.2) is 23.7 Å². The quantitative estimate of drug-likeness (QED) is 0.765. The monoisotopic (exact) mass is 388 g/mol. The van der Waals surface area contributed by atoms with Gasteiger partial charge in [-0.15, -0.1) is 0 Å². The number of nitrogens with one attached hydrogen (secondary N) is 2. The molecule has 0 aliphatic rings. The third kappa shape index (κ3) is 6.57. The van der Waals surface area contributed by atoms with Gasteiger partial charge >= 0.3 is 6.09 Å². The molecule has 0 bridgehead atoms. The van der Waals surface area contributed by atoms with Gasteiger partial charge < -0.3 is 14.8 Å². The molecule has 2 N–H and O–H groups in total. The topological polar surface area (TPSA) is 76.7 Å². The van der Waals surface area contributed by atoms with Crippen molar-refractivity contribution < 1.29 is 23.5 Å². The molecule has 2 rings (SSSR count). The highest BCUT2D eigenvalue weighted by atomic mass is 19.1. The van der Waals surface area contributed by atoms with E-state index in [4.69, 9.17) is 9.47 Å². The van der Waals surface area contributed by atoms with Crippen LogP contribution < -0.4 is 15.4 Å². The number of aryl methyl sites for hydroxylation is 1. The first-order chi connectivity index (χ1) is 13.0. The van der Waals surface area contributed by atoms with Crippen molar-refractivity contribution in [1.29, 1.82) is 0 Å². The minimum absolute atomic E-state index is 0.107. The number of carbonyl (C=O) groups is 2. The van der Waals surface area contributed by atoms with Gasteiger partial charge in [-0.3, -0.25) is 10.1 Å². The van der Waals surface area contributed by atoms with E-state index in [0.717, 1.165) is 11.6 Å². The largest absolute Gasteiger partial charge is 0.481 e. The fraction of sp³-hybridized carbons (Fsp3) is 0.333. The van der Waals surface area contributed by atoms with Crippen molar-refractivity contribution in [2.45, 2.75) is 46.3 Å². The standard InChI is InChI=1S/C21H25FN2O4/c1-13-7-6-8-16(11-13)27-14(2)19(25)23-18-12-15(22)9-10-17(18)24-20(26)28-21(3,4)5/h6-12,14H,1-5H3,(H,23,25)(H,24,26). The number of benzene rings is 2. The van der Waals surface area contributed by atoms with Gasteiger partial charge in [0.25, 0.3) is 5.91 Å². The van der Waals surface area contributed by atoms with E-state index in [1.54, 1.807) is 39.8 Å². The smallest absolute Gasteiger partial charge is 0.412 e. The molecule has 0 saturated heterocycles. The van der Waals surface area contributed by atoms with E-state index >= 15 is 0 Å². The molecule has 0 heterocycles. The van der Waals surface area contributed by atoms with Crippen LogP contribution >= 0.6 is 0 Å². The maximum absolute atomic E-state index is 13.7. The second kappa shape index (κ2) is 8.73. The van der Waals surface area contributed by atoms with Gasteiger partial charge in [-0.2, -0.15) is 0 Å². The molecule has 7 heteroatoms. The predicted octanol–water partition coefficient (Wildman–Crippen LogP) is 4.89. The lowest BCUT2D eigenvalue weighted by Crippen LogP contribution is -2.31. The van der Waals surface area contributed by atoms with Crippen molar-refractivity contribution in [3.8, 4) is 5.75 Å². The summed E-state index contributed by atoms with van der Waals surface area (Å²) < 4.78 is 24.5. The van der Waals surface area contributed by atoms with Gasteiger partial charge in [0.2, 0.25) is 0 Å². The summed E-state index contributed by atoms with van der Waals surface area (Å²) in [6, 6.07) is 10.9. The molecular weight excluding hydrogens is 363 g/mol. The highest BCUT2D eigenvalue weighted by Crippen LogP contribution is 2.24. The van der Waals surface area contributed by atoms with E-state index in [2.05, 4.69) is 10.6 Å². The number of carbonyl (C=O) groups excluding carboxylic acids is 2. The zero-order valence-corrected chi connectivity index (χ0v) is 16.6. The molecule has 150 valence electrons. The molecule has 6 nitrogen and oxygen atoms in total. The Bertz CT molecular complexity index is 862. The summed E-state index contributed by atoms with van der Waals surface area (Å²) in [6.07, 6.45) is -1.54. The van der Waals surface area contributed by atoms with Gasteiger partial charge in [0.15, 0.2) is 6.10 Å². The van der Waals surface area contributed by atoms with Crippen molar-refractivity contribution in [1.82, 2.24) is 0 Å². The van der Waals surface area contributed by atoms with E-state index in [1.807, 2.05) is 19.1 Å². The molecule has 1 unspecified atom stereocenters. The summed E-state index contributed by atoms with van der Waals surface area (Å²) >= 11 is 0. The Morgan fingerprint density at radius 1 is 1.04 bits per heavy atom. The number of amides is 2. The highest BCUT2D eigenvalue weighted by molar-refractivity contribution is 5.99. The lowest BCUT2D eigenvalue weighted by molar-refractivity contribution is -0.122. The van der Waals surface area contributed by atoms with Gasteiger partial charge in [0.05, 0.1) is 11.4 Å². The van der Waals surface area contributed by atoms with E-state index in [-0.39, 0.29) is 11.4 Å². The first-order valence-corrected chi connectivity index (χ1v) is 8.87. The van der Waals surface area contributed by atoms with E-state index < -0.39 is 29.5 Å². The minimum atomic E-state index is -0.834. The van der Waals surface area contributed by atoms with Crippen molar-refractivity contribution in [3.63, 3.8) is 0 Å². The van der Waals surface area contributed by atoms with Crippen LogP contribution in [0, 0.1) is 12.7 Å². The Morgan fingerprint density at radius 3 is 2.39 bits per heavy atom. The average Bonchev–Trinajstić information content (AvgIpc) is 2.55. The van der Waals surface area contributed by atoms with Crippen molar-refractivity contribution in [2.75, 3.05) is 10.6 Å². The fourth-order valence-corrected chi connectivity index (χ4v) is 2.32. The van der Waals surface area contributed by atoms with E-state index in [0.29, 0.717) is 5.75 Å². The molecular formula is C21H25FN2O4. The molecule has 0 spiro atoms. The molecule has 0 aliphatic heterocycles. The van der Waals surface area contributed by atoms with Crippen molar-refractivity contribution in [3.05, 3.63) is 53.8 Å². The Balaban J connectivity index is 2.10. The van der Waals surface area contributed by atoms with Crippen molar-refractivity contribution in [2.24, 2.45) is 0 Å². The lowest BCUT2D eigenvalue weighted by atomic mass is 10.2. The number of halogens is 1. The van der Waals surface area contributed by atoms with Crippen molar-refractivity contribution >= 4 is 23.4 Å². The summed E-state index contributed by atoms with van der Waals surface area (Å²) in [5.74, 6) is -0.495. The van der Waals surface area contributed by atoms with Crippen LogP contribution in [0.5, 0.6) is 5.75 Å². The maximum Gasteiger partial charge on any atom is 0.412 e. The summed E-state index contributed by atoms with van der Waals surface area (Å²) in [5, 5.41) is 5.09. The molecule has 0 aromatic heterocycles. The molecule has 2 amide bonds. The number of rotatable bonds is 5. The molecule has 1 atom stereocenters. The van der Waals surface area contributed by atoms with Crippen LogP contribution in [-0.2, 0) is 9.53 Å². The van der Waals surface area contributed by atoms with E-state index in [1.165, 1.54) is 12.1 Å². The van der Waals surface area contributed by atoms with Crippen LogP contribution in [0.1, 0.15) is 33.3 Å². The molecule has 0 fully saturated rings. The SMILES string of the molecule is Cc1cccc(OC(C)C(=O)Nc2cc(F)ccc2NC(=O)OC(C)(C)C)c1. The summed E-state index contributed by atoms with van der Waals surface area (Å²) in [6.45, 7) is 8.68. The third-order valence-corrected chi connectivity index (χ3v) is 3.55. The van der Waals surface area contributed by atoms with Gasteiger partial charge in [0, 0.05) is 0 Å². The highest BCUT2D eigenvalue weighted by Gasteiger charge is 2.20. The van der Waals surface area contributed by atoms with Crippen LogP contribution in [0.2, 0.25) is 0 Å². The molecule has 28 heavy (non-hydrogen) atoms. The van der Waals surface area contributed by atoms with Crippen LogP contribution in [0.25, 0.3) is 0 Å². The normalized spacial score (nSPS) is 12.1. The second-order valence-electron chi connectivity index (χ2n) is 7.38. The summed E-state index contributed by atoms with van der Waals surface area (Å²) in [4.78, 5) is 24.5. The first-order valence-electron chi connectivity index (χ1n) is 8.87. The van der Waals surface area contributed by atoms with Gasteiger partial charge in [-0.1, -0.05) is 12.1 Å². The van der Waals surface area contributed by atoms with Crippen LogP contribution in [0.3, 0.4) is 0 Å². The van der Waals surface area contributed by atoms with Gasteiger partial charge in [-0.25, -0.2) is 9.18 Å². The fourth-order valence-electron chi connectivity index (χ4n) is 2.32. The number of hydrogen-bond donors (Lipinski definition) is 2. The molecule has 2 aromatic rings. The number of hydrogen-bond acceptors (Lipinski definition) is 4. The Labute approximate surface area is 164 Å². The Hall–Kier alpha value is -3.09. The molecule has 0 saturated carbocycles. The number of anilines is 2. The number of ether oxygens (including phenoxy) is 2. The van der Waals surface area contributed by atoms with Crippen LogP contribution in [0.15, 0.2) is 42.5 Å².